The molecule has 210 valence electrons. The molecular formula is C29H27ClF4N4O2. The number of aromatic nitrogens is 2. The minimum atomic E-state index is -4.74. The predicted octanol–water partition coefficient (Wildman–Crippen LogP) is 6.63. The third kappa shape index (κ3) is 6.18. The van der Waals surface area contributed by atoms with Crippen LogP contribution in [0.1, 0.15) is 41.4 Å². The van der Waals surface area contributed by atoms with E-state index in [1.54, 1.807) is 45.3 Å². The number of carbonyl (C=O) groups excluding carboxylic acids is 1. The van der Waals surface area contributed by atoms with Gasteiger partial charge in [-0.1, -0.05) is 17.7 Å². The minimum absolute atomic E-state index is 0.123. The zero-order valence-electron chi connectivity index (χ0n) is 22.2. The second-order valence-electron chi connectivity index (χ2n) is 9.73. The highest BCUT2D eigenvalue weighted by molar-refractivity contribution is 6.31. The van der Waals surface area contributed by atoms with Crippen molar-refractivity contribution in [3.8, 4) is 17.0 Å². The van der Waals surface area contributed by atoms with Gasteiger partial charge in [-0.3, -0.25) is 14.8 Å². The number of hydrogen-bond donors (Lipinski definition) is 2. The number of fused-ring (bicyclic) bond motifs is 1. The van der Waals surface area contributed by atoms with Gasteiger partial charge in [-0.2, -0.15) is 13.2 Å². The van der Waals surface area contributed by atoms with Gasteiger partial charge in [-0.05, 0) is 75.0 Å². The molecule has 0 spiro atoms. The molecule has 1 atom stereocenters. The molecule has 0 aliphatic carbocycles. The molecule has 0 aliphatic rings. The van der Waals surface area contributed by atoms with Crippen LogP contribution in [0.3, 0.4) is 0 Å². The van der Waals surface area contributed by atoms with Gasteiger partial charge in [0.2, 0.25) is 0 Å². The van der Waals surface area contributed by atoms with Crippen LogP contribution in [0.5, 0.6) is 5.75 Å². The number of pyridine rings is 2. The number of nitrogens with zero attached hydrogens (tertiary/aromatic N) is 2. The molecule has 0 saturated carbocycles. The first kappa shape index (κ1) is 29.2. The van der Waals surface area contributed by atoms with Crippen LogP contribution in [0.4, 0.5) is 17.6 Å². The number of methoxy groups -OCH3 is 1. The number of nitrogens with one attached hydrogen (secondary N) is 2. The fourth-order valence-electron chi connectivity index (χ4n) is 4.17. The van der Waals surface area contributed by atoms with Crippen molar-refractivity contribution in [3.63, 3.8) is 0 Å². The van der Waals surface area contributed by atoms with E-state index in [1.165, 1.54) is 37.4 Å². The van der Waals surface area contributed by atoms with Crippen LogP contribution in [-0.4, -0.2) is 42.8 Å². The van der Waals surface area contributed by atoms with Crippen LogP contribution >= 0.6 is 11.6 Å². The molecule has 0 aliphatic heterocycles. The van der Waals surface area contributed by atoms with Crippen LogP contribution in [0.2, 0.25) is 5.02 Å². The number of hydrogen-bond acceptors (Lipinski definition) is 5. The van der Waals surface area contributed by atoms with Gasteiger partial charge in [0.05, 0.1) is 23.5 Å². The molecule has 1 unspecified atom stereocenters. The molecule has 1 amide bonds. The van der Waals surface area contributed by atoms with Crippen LogP contribution in [0.25, 0.3) is 22.2 Å². The molecule has 0 saturated heterocycles. The maximum absolute atomic E-state index is 14.4. The first-order chi connectivity index (χ1) is 18.8. The first-order valence-corrected chi connectivity index (χ1v) is 12.7. The van der Waals surface area contributed by atoms with E-state index in [1.807, 2.05) is 0 Å². The van der Waals surface area contributed by atoms with Crippen molar-refractivity contribution in [2.45, 2.75) is 31.5 Å². The molecular weight excluding hydrogens is 548 g/mol. The minimum Gasteiger partial charge on any atom is -0.494 e. The molecule has 4 rings (SSSR count). The average Bonchev–Trinajstić information content (AvgIpc) is 2.92. The molecule has 6 nitrogen and oxygen atoms in total. The van der Waals surface area contributed by atoms with E-state index >= 15 is 0 Å². The zero-order chi connectivity index (χ0) is 29.2. The Morgan fingerprint density at radius 3 is 2.50 bits per heavy atom. The Balaban J connectivity index is 1.73. The smallest absolute Gasteiger partial charge is 0.398 e. The Labute approximate surface area is 233 Å². The highest BCUT2D eigenvalue weighted by Crippen LogP contribution is 2.37. The van der Waals surface area contributed by atoms with Crippen LogP contribution < -0.4 is 15.4 Å². The van der Waals surface area contributed by atoms with E-state index in [4.69, 9.17) is 16.3 Å². The van der Waals surface area contributed by atoms with Crippen molar-refractivity contribution >= 4 is 28.4 Å². The largest absolute Gasteiger partial charge is 0.494 e. The number of benzene rings is 2. The second-order valence-corrected chi connectivity index (χ2v) is 10.1. The molecule has 2 heterocycles. The summed E-state index contributed by atoms with van der Waals surface area (Å²) in [7, 11) is 3.10. The Hall–Kier alpha value is -3.76. The Kier molecular flexibility index (Phi) is 8.32. The van der Waals surface area contributed by atoms with Crippen LogP contribution in [0.15, 0.2) is 60.8 Å². The lowest BCUT2D eigenvalue weighted by molar-refractivity contribution is -0.149. The maximum atomic E-state index is 14.4. The molecule has 2 aromatic heterocycles. The lowest BCUT2D eigenvalue weighted by Crippen LogP contribution is -2.37. The normalized spacial score (nSPS) is 12.8. The van der Waals surface area contributed by atoms with E-state index in [2.05, 4.69) is 20.6 Å². The van der Waals surface area contributed by atoms with E-state index in [-0.39, 0.29) is 22.0 Å². The summed E-state index contributed by atoms with van der Waals surface area (Å²) in [6, 6.07) is 13.2. The van der Waals surface area contributed by atoms with E-state index in [9.17, 15) is 22.4 Å². The molecule has 0 fully saturated rings. The van der Waals surface area contributed by atoms with Gasteiger partial charge in [0.25, 0.3) is 5.91 Å². The summed E-state index contributed by atoms with van der Waals surface area (Å²) < 4.78 is 62.4. The number of alkyl halides is 3. The topological polar surface area (TPSA) is 76.1 Å². The van der Waals surface area contributed by atoms with Crippen LogP contribution in [0, 0.1) is 5.82 Å². The number of halogens is 5. The molecule has 2 aromatic carbocycles. The number of rotatable bonds is 8. The zero-order valence-corrected chi connectivity index (χ0v) is 22.9. The fraction of sp³-hybridized carbons (Fsp3) is 0.276. The third-order valence-electron chi connectivity index (χ3n) is 6.78. The summed E-state index contributed by atoms with van der Waals surface area (Å²) >= 11 is 5.94. The lowest BCUT2D eigenvalue weighted by Gasteiger charge is -2.28. The molecule has 0 radical (unpaired) electrons. The van der Waals surface area contributed by atoms with Crippen LogP contribution in [-0.2, 0) is 5.54 Å². The quantitative estimate of drug-likeness (QED) is 0.231. The van der Waals surface area contributed by atoms with E-state index < -0.39 is 35.9 Å². The summed E-state index contributed by atoms with van der Waals surface area (Å²) in [4.78, 5) is 21.5. The summed E-state index contributed by atoms with van der Waals surface area (Å²) in [5.74, 6) is -3.19. The van der Waals surface area contributed by atoms with Crippen molar-refractivity contribution in [2.75, 3.05) is 20.7 Å². The van der Waals surface area contributed by atoms with E-state index in [0.29, 0.717) is 27.8 Å². The van der Waals surface area contributed by atoms with Gasteiger partial charge in [0.1, 0.15) is 23.0 Å². The highest BCUT2D eigenvalue weighted by atomic mass is 35.5. The highest BCUT2D eigenvalue weighted by Gasteiger charge is 2.42. The number of carbonyl (C=O) groups is 1. The van der Waals surface area contributed by atoms with Crippen molar-refractivity contribution in [1.29, 1.82) is 0 Å². The van der Waals surface area contributed by atoms with Gasteiger partial charge < -0.3 is 15.4 Å². The second kappa shape index (κ2) is 11.4. The van der Waals surface area contributed by atoms with Gasteiger partial charge in [-0.15, -0.1) is 0 Å². The Morgan fingerprint density at radius 2 is 1.85 bits per heavy atom. The summed E-state index contributed by atoms with van der Waals surface area (Å²) in [6.07, 6.45) is -3.17. The first-order valence-electron chi connectivity index (χ1n) is 12.3. The SMILES string of the molecule is CNC(C)(C)c1cc(-c2ccc(F)c(Cl)c2)nc(C(CNC(=O)c2cc(OC)c3ncccc3c2)C(F)(F)F)c1. The van der Waals surface area contributed by atoms with Crippen molar-refractivity contribution in [1.82, 2.24) is 20.6 Å². The Bertz CT molecular complexity index is 1560. The third-order valence-corrected chi connectivity index (χ3v) is 7.07. The molecule has 0 bridgehead atoms. The van der Waals surface area contributed by atoms with E-state index in [0.717, 1.165) is 6.07 Å². The van der Waals surface area contributed by atoms with Gasteiger partial charge in [0.15, 0.2) is 0 Å². The van der Waals surface area contributed by atoms with Gasteiger partial charge in [0, 0.05) is 34.8 Å². The predicted molar refractivity (Wildman–Crippen MR) is 146 cm³/mol. The Morgan fingerprint density at radius 1 is 1.10 bits per heavy atom. The lowest BCUT2D eigenvalue weighted by atomic mass is 9.90. The molecule has 11 heteroatoms. The monoisotopic (exact) mass is 574 g/mol. The van der Waals surface area contributed by atoms with Crippen molar-refractivity contribution < 1.29 is 27.1 Å². The fourth-order valence-corrected chi connectivity index (χ4v) is 4.35. The number of ether oxygens (including phenoxy) is 1. The average molecular weight is 575 g/mol. The summed E-state index contributed by atoms with van der Waals surface area (Å²) in [5.41, 5.74) is 0.667. The summed E-state index contributed by atoms with van der Waals surface area (Å²) in [5, 5.41) is 5.91. The number of amides is 1. The van der Waals surface area contributed by atoms with Gasteiger partial charge in [-0.25, -0.2) is 4.39 Å². The van der Waals surface area contributed by atoms with Crippen molar-refractivity contribution in [3.05, 3.63) is 88.5 Å². The molecule has 2 N–H and O–H groups in total. The molecule has 4 aromatic rings. The maximum Gasteiger partial charge on any atom is 0.398 e. The van der Waals surface area contributed by atoms with Crippen molar-refractivity contribution in [2.24, 2.45) is 0 Å². The van der Waals surface area contributed by atoms with Gasteiger partial charge >= 0.3 is 6.18 Å². The summed E-state index contributed by atoms with van der Waals surface area (Å²) in [6.45, 7) is 2.84. The molecule has 40 heavy (non-hydrogen) atoms. The standard InChI is InChI=1S/C29H27ClF4N4O2/c1-28(2,35-3)19-13-23(16-7-8-22(31)21(30)11-16)38-24(14-19)20(29(32,33)34)15-37-27(39)18-10-17-6-5-9-36-26(17)25(12-18)40-4/h5-14,20,35H,15H2,1-4H3,(H,37,39).